The molecule has 1 fully saturated rings. The summed E-state index contributed by atoms with van der Waals surface area (Å²) in [6.45, 7) is -0.402. The Hall–Kier alpha value is -3.37. The largest absolute Gasteiger partial charge is 0.394 e. The molecule has 3 aromatic heterocycles. The van der Waals surface area contributed by atoms with Crippen LogP contribution in [0.4, 0.5) is 11.6 Å². The Bertz CT molecular complexity index is 1180. The lowest BCUT2D eigenvalue weighted by atomic mass is 10.1. The van der Waals surface area contributed by atoms with Crippen molar-refractivity contribution in [1.82, 2.24) is 19.5 Å². The van der Waals surface area contributed by atoms with Gasteiger partial charge in [0.15, 0.2) is 6.23 Å². The van der Waals surface area contributed by atoms with E-state index in [4.69, 9.17) is 4.74 Å². The molecule has 4 aromatic rings. The van der Waals surface area contributed by atoms with Crippen molar-refractivity contribution in [2.24, 2.45) is 0 Å². The zero-order chi connectivity index (χ0) is 21.4. The summed E-state index contributed by atoms with van der Waals surface area (Å²) in [5.41, 5.74) is 2.27. The summed E-state index contributed by atoms with van der Waals surface area (Å²) in [6.07, 6.45) is 0.691. The minimum absolute atomic E-state index is 0.402. The zero-order valence-corrected chi connectivity index (χ0v) is 16.4. The molecule has 9 heteroatoms. The third-order valence-electron chi connectivity index (χ3n) is 5.40. The molecule has 9 nitrogen and oxygen atoms in total. The smallest absolute Gasteiger partial charge is 0.164 e. The number of nitrogens with one attached hydrogen (secondary N) is 1. The van der Waals surface area contributed by atoms with Crippen LogP contribution in [0.15, 0.2) is 67.3 Å². The molecule has 1 saturated heterocycles. The third kappa shape index (κ3) is 3.43. The number of anilines is 2. The highest BCUT2D eigenvalue weighted by Gasteiger charge is 2.44. The maximum absolute atomic E-state index is 10.6. The van der Waals surface area contributed by atoms with Gasteiger partial charge >= 0.3 is 0 Å². The topological polar surface area (TPSA) is 126 Å². The fraction of sp³-hybridized carbons (Fsp3) is 0.227. The molecule has 5 rings (SSSR count). The molecule has 1 aromatic carbocycles. The van der Waals surface area contributed by atoms with Crippen LogP contribution in [0.2, 0.25) is 0 Å². The maximum atomic E-state index is 10.6. The third-order valence-corrected chi connectivity index (χ3v) is 5.40. The fourth-order valence-electron chi connectivity index (χ4n) is 3.88. The molecule has 4 heterocycles. The van der Waals surface area contributed by atoms with E-state index in [0.29, 0.717) is 17.3 Å². The van der Waals surface area contributed by atoms with E-state index in [2.05, 4.69) is 20.3 Å². The number of fused-ring (bicyclic) bond motifs is 1. The normalized spacial score (nSPS) is 23.3. The monoisotopic (exact) mass is 419 g/mol. The number of aromatic nitrogens is 4. The highest BCUT2D eigenvalue weighted by Crippen LogP contribution is 2.39. The molecule has 0 radical (unpaired) electrons. The second-order valence-electron chi connectivity index (χ2n) is 7.31. The Labute approximate surface area is 177 Å². The summed E-state index contributed by atoms with van der Waals surface area (Å²) < 4.78 is 7.43. The first-order valence-electron chi connectivity index (χ1n) is 9.89. The average Bonchev–Trinajstić information content (AvgIpc) is 3.33. The lowest BCUT2D eigenvalue weighted by molar-refractivity contribution is -0.0508. The minimum Gasteiger partial charge on any atom is -0.394 e. The molecule has 158 valence electrons. The van der Waals surface area contributed by atoms with Gasteiger partial charge in [-0.25, -0.2) is 15.0 Å². The van der Waals surface area contributed by atoms with E-state index >= 15 is 0 Å². The molecule has 0 spiro atoms. The van der Waals surface area contributed by atoms with Crippen LogP contribution in [0.1, 0.15) is 6.23 Å². The SMILES string of the molecule is OC[C@H]1O[C@@H](n2cc(-c3ccccc3)c3c(Nc4ccccn4)ncnc32)[C@@H](O)[C@H]1O. The second kappa shape index (κ2) is 8.05. The highest BCUT2D eigenvalue weighted by atomic mass is 16.6. The Morgan fingerprint density at radius 1 is 0.968 bits per heavy atom. The molecule has 0 saturated carbocycles. The van der Waals surface area contributed by atoms with Crippen molar-refractivity contribution in [3.8, 4) is 11.1 Å². The van der Waals surface area contributed by atoms with Gasteiger partial charge in [-0.15, -0.1) is 0 Å². The second-order valence-corrected chi connectivity index (χ2v) is 7.31. The number of pyridine rings is 1. The number of nitrogens with zero attached hydrogens (tertiary/aromatic N) is 4. The first-order valence-corrected chi connectivity index (χ1v) is 9.89. The summed E-state index contributed by atoms with van der Waals surface area (Å²) in [7, 11) is 0. The summed E-state index contributed by atoms with van der Waals surface area (Å²) in [5.74, 6) is 1.18. The van der Waals surface area contributed by atoms with Crippen LogP contribution in [0.25, 0.3) is 22.2 Å². The van der Waals surface area contributed by atoms with Crippen molar-refractivity contribution in [3.05, 3.63) is 67.3 Å². The van der Waals surface area contributed by atoms with E-state index < -0.39 is 31.1 Å². The summed E-state index contributed by atoms with van der Waals surface area (Å²) in [5, 5.41) is 34.2. The Balaban J connectivity index is 1.69. The standard InChI is InChI=1S/C22H21N5O4/c28-11-15-18(29)19(30)22(31-15)27-10-14(13-6-2-1-3-7-13)17-20(24-12-25-21(17)27)26-16-8-4-5-9-23-16/h1-10,12,15,18-19,22,28-30H,11H2,(H,23,24,25,26)/t15-,18+,19+,22-/m1/s1. The van der Waals surface area contributed by atoms with Crippen LogP contribution in [0, 0.1) is 0 Å². The highest BCUT2D eigenvalue weighted by molar-refractivity contribution is 6.02. The number of hydrogen-bond acceptors (Lipinski definition) is 8. The van der Waals surface area contributed by atoms with E-state index in [9.17, 15) is 15.3 Å². The maximum Gasteiger partial charge on any atom is 0.164 e. The van der Waals surface area contributed by atoms with Gasteiger partial charge < -0.3 is 29.9 Å². The van der Waals surface area contributed by atoms with Crippen molar-refractivity contribution < 1.29 is 20.1 Å². The first-order chi connectivity index (χ1) is 15.2. The predicted molar refractivity (Wildman–Crippen MR) is 113 cm³/mol. The van der Waals surface area contributed by atoms with Crippen LogP contribution in [0.3, 0.4) is 0 Å². The summed E-state index contributed by atoms with van der Waals surface area (Å²) >= 11 is 0. The molecule has 31 heavy (non-hydrogen) atoms. The van der Waals surface area contributed by atoms with Crippen LogP contribution < -0.4 is 5.32 Å². The van der Waals surface area contributed by atoms with Crippen molar-refractivity contribution in [1.29, 1.82) is 0 Å². The number of ether oxygens (including phenoxy) is 1. The van der Waals surface area contributed by atoms with Gasteiger partial charge in [0.1, 0.15) is 41.9 Å². The number of rotatable bonds is 5. The van der Waals surface area contributed by atoms with Crippen molar-refractivity contribution >= 4 is 22.7 Å². The Morgan fingerprint density at radius 2 is 1.77 bits per heavy atom. The van der Waals surface area contributed by atoms with Gasteiger partial charge in [-0.1, -0.05) is 36.4 Å². The Morgan fingerprint density at radius 3 is 2.48 bits per heavy atom. The predicted octanol–water partition coefficient (Wildman–Crippen LogP) is 1.85. The zero-order valence-electron chi connectivity index (χ0n) is 16.4. The van der Waals surface area contributed by atoms with Gasteiger partial charge in [-0.3, -0.25) is 0 Å². The number of aliphatic hydroxyl groups is 3. The molecule has 4 N–H and O–H groups in total. The van der Waals surface area contributed by atoms with Crippen molar-refractivity contribution in [3.63, 3.8) is 0 Å². The molecular formula is C22H21N5O4. The van der Waals surface area contributed by atoms with E-state index in [1.807, 2.05) is 54.7 Å². The summed E-state index contributed by atoms with van der Waals surface area (Å²) in [4.78, 5) is 13.2. The molecule has 1 aliphatic rings. The number of aliphatic hydroxyl groups excluding tert-OH is 3. The van der Waals surface area contributed by atoms with E-state index in [1.165, 1.54) is 6.33 Å². The molecule has 1 aliphatic heterocycles. The lowest BCUT2D eigenvalue weighted by Gasteiger charge is -2.17. The van der Waals surface area contributed by atoms with E-state index in [-0.39, 0.29) is 0 Å². The van der Waals surface area contributed by atoms with Crippen LogP contribution in [-0.4, -0.2) is 59.8 Å². The van der Waals surface area contributed by atoms with Gasteiger partial charge in [-0.05, 0) is 17.7 Å². The molecular weight excluding hydrogens is 398 g/mol. The van der Waals surface area contributed by atoms with Gasteiger partial charge in [-0.2, -0.15) is 0 Å². The van der Waals surface area contributed by atoms with E-state index in [1.54, 1.807) is 10.8 Å². The van der Waals surface area contributed by atoms with Gasteiger partial charge in [0.05, 0.1) is 12.0 Å². The lowest BCUT2D eigenvalue weighted by Crippen LogP contribution is -2.33. The van der Waals surface area contributed by atoms with Gasteiger partial charge in [0.2, 0.25) is 0 Å². The van der Waals surface area contributed by atoms with Crippen molar-refractivity contribution in [2.45, 2.75) is 24.5 Å². The Kier molecular flexibility index (Phi) is 5.08. The molecule has 0 bridgehead atoms. The quantitative estimate of drug-likeness (QED) is 0.386. The van der Waals surface area contributed by atoms with Crippen molar-refractivity contribution in [2.75, 3.05) is 11.9 Å². The molecule has 0 aliphatic carbocycles. The minimum atomic E-state index is -1.22. The fourth-order valence-corrected chi connectivity index (χ4v) is 3.88. The van der Waals surface area contributed by atoms with Gasteiger partial charge in [0, 0.05) is 18.0 Å². The first kappa shape index (κ1) is 19.6. The number of benzene rings is 1. The molecule has 4 atom stereocenters. The van der Waals surface area contributed by atoms with Gasteiger partial charge in [0.25, 0.3) is 0 Å². The van der Waals surface area contributed by atoms with Crippen LogP contribution >= 0.6 is 0 Å². The summed E-state index contributed by atoms with van der Waals surface area (Å²) in [6, 6.07) is 15.3. The van der Waals surface area contributed by atoms with Crippen LogP contribution in [0.5, 0.6) is 0 Å². The average molecular weight is 419 g/mol. The number of hydrogen-bond donors (Lipinski definition) is 4. The molecule has 0 unspecified atom stereocenters. The van der Waals surface area contributed by atoms with E-state index in [0.717, 1.165) is 16.5 Å². The molecule has 0 amide bonds. The van der Waals surface area contributed by atoms with Crippen LogP contribution in [-0.2, 0) is 4.74 Å².